The molecule has 148 valence electrons. The van der Waals surface area contributed by atoms with E-state index in [1.165, 1.54) is 0 Å². The highest BCUT2D eigenvalue weighted by atomic mass is 16.5. The Bertz CT molecular complexity index is 833. The van der Waals surface area contributed by atoms with Crippen LogP contribution in [0.25, 0.3) is 0 Å². The molecule has 1 fully saturated rings. The van der Waals surface area contributed by atoms with Gasteiger partial charge in [-0.2, -0.15) is 0 Å². The monoisotopic (exact) mass is 382 g/mol. The number of nitrogens with zero attached hydrogens (tertiary/aromatic N) is 1. The summed E-state index contributed by atoms with van der Waals surface area (Å²) in [7, 11) is 1.62. The molecule has 0 unspecified atom stereocenters. The van der Waals surface area contributed by atoms with Crippen molar-refractivity contribution in [1.82, 2.24) is 0 Å². The Morgan fingerprint density at radius 3 is 2.54 bits per heavy atom. The van der Waals surface area contributed by atoms with Gasteiger partial charge in [-0.15, -0.1) is 0 Å². The molecule has 0 radical (unpaired) electrons. The number of aryl methyl sites for hydroxylation is 1. The molecular weight excluding hydrogens is 356 g/mol. The van der Waals surface area contributed by atoms with Crippen molar-refractivity contribution >= 4 is 23.2 Å². The zero-order valence-electron chi connectivity index (χ0n) is 16.4. The molecule has 3 rings (SSSR count). The summed E-state index contributed by atoms with van der Waals surface area (Å²) >= 11 is 0. The summed E-state index contributed by atoms with van der Waals surface area (Å²) in [5.74, 6) is 1.64. The van der Waals surface area contributed by atoms with Crippen LogP contribution in [0.5, 0.6) is 11.5 Å². The van der Waals surface area contributed by atoms with Crippen LogP contribution < -0.4 is 19.7 Å². The lowest BCUT2D eigenvalue weighted by atomic mass is 10.1. The van der Waals surface area contributed by atoms with Gasteiger partial charge < -0.3 is 19.7 Å². The second-order valence-corrected chi connectivity index (χ2v) is 6.83. The average Bonchev–Trinajstić information content (AvgIpc) is 3.11. The minimum absolute atomic E-state index is 0.0530. The first-order chi connectivity index (χ1) is 13.6. The van der Waals surface area contributed by atoms with Crippen molar-refractivity contribution in [2.45, 2.75) is 32.6 Å². The number of nitrogens with one attached hydrogen (secondary N) is 1. The first kappa shape index (κ1) is 19.7. The van der Waals surface area contributed by atoms with Gasteiger partial charge in [-0.1, -0.05) is 0 Å². The van der Waals surface area contributed by atoms with Crippen LogP contribution in [0.15, 0.2) is 42.5 Å². The molecule has 6 heteroatoms. The van der Waals surface area contributed by atoms with E-state index in [4.69, 9.17) is 9.47 Å². The zero-order chi connectivity index (χ0) is 19.9. The number of hydrogen-bond donors (Lipinski definition) is 1. The molecule has 1 N–H and O–H groups in total. The van der Waals surface area contributed by atoms with Crippen molar-refractivity contribution in [1.29, 1.82) is 0 Å². The number of carbonyl (C=O) groups is 2. The molecule has 0 aromatic heterocycles. The number of amides is 2. The summed E-state index contributed by atoms with van der Waals surface area (Å²) < 4.78 is 10.7. The maximum absolute atomic E-state index is 12.2. The zero-order valence-corrected chi connectivity index (χ0v) is 16.4. The summed E-state index contributed by atoms with van der Waals surface area (Å²) in [6.45, 7) is 3.19. The smallest absolute Gasteiger partial charge is 0.227 e. The van der Waals surface area contributed by atoms with Gasteiger partial charge in [0.15, 0.2) is 0 Å². The van der Waals surface area contributed by atoms with E-state index in [0.717, 1.165) is 41.4 Å². The highest BCUT2D eigenvalue weighted by Gasteiger charge is 2.22. The first-order valence-electron chi connectivity index (χ1n) is 9.54. The molecule has 0 aliphatic carbocycles. The molecule has 1 aliphatic rings. The van der Waals surface area contributed by atoms with Crippen LogP contribution in [0, 0.1) is 6.92 Å². The van der Waals surface area contributed by atoms with Crippen LogP contribution in [0.1, 0.15) is 31.2 Å². The quantitative estimate of drug-likeness (QED) is 0.703. The van der Waals surface area contributed by atoms with Crippen molar-refractivity contribution in [3.63, 3.8) is 0 Å². The highest BCUT2D eigenvalue weighted by Crippen LogP contribution is 2.27. The van der Waals surface area contributed by atoms with Gasteiger partial charge in [0, 0.05) is 30.8 Å². The Kier molecular flexibility index (Phi) is 6.53. The Morgan fingerprint density at radius 2 is 1.89 bits per heavy atom. The van der Waals surface area contributed by atoms with E-state index in [2.05, 4.69) is 5.32 Å². The van der Waals surface area contributed by atoms with E-state index < -0.39 is 0 Å². The third-order valence-electron chi connectivity index (χ3n) is 4.72. The van der Waals surface area contributed by atoms with E-state index in [1.54, 1.807) is 7.11 Å². The molecule has 0 bridgehead atoms. The minimum Gasteiger partial charge on any atom is -0.497 e. The number of carbonyl (C=O) groups excluding carboxylic acids is 2. The molecule has 6 nitrogen and oxygen atoms in total. The van der Waals surface area contributed by atoms with Crippen LogP contribution in [0.4, 0.5) is 11.4 Å². The first-order valence-corrected chi connectivity index (χ1v) is 9.54. The van der Waals surface area contributed by atoms with E-state index >= 15 is 0 Å². The molecular formula is C22H26N2O4. The summed E-state index contributed by atoms with van der Waals surface area (Å²) in [4.78, 5) is 25.9. The van der Waals surface area contributed by atoms with Gasteiger partial charge in [0.2, 0.25) is 11.8 Å². The number of hydrogen-bond acceptors (Lipinski definition) is 4. The van der Waals surface area contributed by atoms with Crippen molar-refractivity contribution < 1.29 is 19.1 Å². The van der Waals surface area contributed by atoms with Crippen LogP contribution in [-0.4, -0.2) is 32.1 Å². The summed E-state index contributed by atoms with van der Waals surface area (Å²) in [5, 5.41) is 2.91. The van der Waals surface area contributed by atoms with E-state index in [-0.39, 0.29) is 11.8 Å². The SMILES string of the molecule is COc1ccc(OCCCC(=O)Nc2ccc(N3CCCC3=O)c(C)c2)cc1. The van der Waals surface area contributed by atoms with Gasteiger partial charge in [-0.25, -0.2) is 0 Å². The number of anilines is 2. The Balaban J connectivity index is 1.44. The average molecular weight is 382 g/mol. The molecule has 2 aromatic rings. The van der Waals surface area contributed by atoms with Crippen LogP contribution in [0.3, 0.4) is 0 Å². The van der Waals surface area contributed by atoms with Gasteiger partial charge in [0.25, 0.3) is 0 Å². The standard InChI is InChI=1S/C22H26N2O4/c1-16-15-17(7-12-20(16)24-13-3-6-22(24)26)23-21(25)5-4-14-28-19-10-8-18(27-2)9-11-19/h7-12,15H,3-6,13-14H2,1-2H3,(H,23,25). The van der Waals surface area contributed by atoms with Crippen molar-refractivity contribution in [2.75, 3.05) is 30.5 Å². The highest BCUT2D eigenvalue weighted by molar-refractivity contribution is 5.97. The number of benzene rings is 2. The van der Waals surface area contributed by atoms with Crippen molar-refractivity contribution in [3.8, 4) is 11.5 Å². The van der Waals surface area contributed by atoms with Gasteiger partial charge in [-0.3, -0.25) is 9.59 Å². The molecule has 1 heterocycles. The van der Waals surface area contributed by atoms with Gasteiger partial charge >= 0.3 is 0 Å². The van der Waals surface area contributed by atoms with Crippen molar-refractivity contribution in [2.24, 2.45) is 0 Å². The lowest BCUT2D eigenvalue weighted by molar-refractivity contribution is -0.117. The molecule has 2 amide bonds. The predicted octanol–water partition coefficient (Wildman–Crippen LogP) is 3.93. The number of methoxy groups -OCH3 is 1. The molecule has 1 aliphatic heterocycles. The Labute approximate surface area is 165 Å². The van der Waals surface area contributed by atoms with E-state index in [9.17, 15) is 9.59 Å². The van der Waals surface area contributed by atoms with Crippen molar-refractivity contribution in [3.05, 3.63) is 48.0 Å². The second-order valence-electron chi connectivity index (χ2n) is 6.83. The van der Waals surface area contributed by atoms with Gasteiger partial charge in [0.1, 0.15) is 11.5 Å². The molecule has 0 atom stereocenters. The molecule has 1 saturated heterocycles. The lowest BCUT2D eigenvalue weighted by Crippen LogP contribution is -2.24. The lowest BCUT2D eigenvalue weighted by Gasteiger charge is -2.19. The van der Waals surface area contributed by atoms with Gasteiger partial charge in [0.05, 0.1) is 13.7 Å². The van der Waals surface area contributed by atoms with Crippen LogP contribution in [0.2, 0.25) is 0 Å². The third-order valence-corrected chi connectivity index (χ3v) is 4.72. The Morgan fingerprint density at radius 1 is 1.14 bits per heavy atom. The largest absolute Gasteiger partial charge is 0.497 e. The molecule has 0 spiro atoms. The van der Waals surface area contributed by atoms with Crippen LogP contribution >= 0.6 is 0 Å². The fourth-order valence-electron chi connectivity index (χ4n) is 3.26. The maximum atomic E-state index is 12.2. The minimum atomic E-state index is -0.0530. The normalized spacial score (nSPS) is 13.5. The molecule has 28 heavy (non-hydrogen) atoms. The molecule has 0 saturated carbocycles. The van der Waals surface area contributed by atoms with E-state index in [1.807, 2.05) is 54.3 Å². The van der Waals surface area contributed by atoms with E-state index in [0.29, 0.717) is 25.9 Å². The number of ether oxygens (including phenoxy) is 2. The molecule has 2 aromatic carbocycles. The summed E-state index contributed by atoms with van der Waals surface area (Å²) in [6.07, 6.45) is 2.50. The predicted molar refractivity (Wildman–Crippen MR) is 109 cm³/mol. The van der Waals surface area contributed by atoms with Gasteiger partial charge in [-0.05, 0) is 67.8 Å². The Hall–Kier alpha value is -3.02. The fraction of sp³-hybridized carbons (Fsp3) is 0.364. The summed E-state index contributed by atoms with van der Waals surface area (Å²) in [6, 6.07) is 13.0. The third kappa shape index (κ3) is 5.03. The second kappa shape index (κ2) is 9.26. The fourth-order valence-corrected chi connectivity index (χ4v) is 3.26. The number of rotatable bonds is 8. The maximum Gasteiger partial charge on any atom is 0.227 e. The summed E-state index contributed by atoms with van der Waals surface area (Å²) in [5.41, 5.74) is 2.65. The topological polar surface area (TPSA) is 67.9 Å². The van der Waals surface area contributed by atoms with Crippen LogP contribution in [-0.2, 0) is 9.59 Å².